The highest BCUT2D eigenvalue weighted by Crippen LogP contribution is 2.21. The number of carbonyl (C=O) groups excluding carboxylic acids is 1. The molecule has 13 heteroatoms. The lowest BCUT2D eigenvalue weighted by molar-refractivity contribution is -0.192. The Morgan fingerprint density at radius 2 is 1.80 bits per heavy atom. The van der Waals surface area contributed by atoms with Gasteiger partial charge in [-0.25, -0.2) is 13.2 Å². The standard InChI is InChI=1S/C20H31N3O4S.C2HF3O2/c1-2-17-5-7-19(8-6-17)28(25,26)23(16-18-4-3-15-27-18)12-9-20(24)22-13-10-21-11-14-22;3-2(4,5)1(6)7/h5-8,18,21H,2-4,9-16H2,1H3;(H,6,7). The first-order valence-electron chi connectivity index (χ1n) is 11.4. The molecule has 2 saturated heterocycles. The summed E-state index contributed by atoms with van der Waals surface area (Å²) in [6.45, 7) is 6.11. The molecule has 1 amide bonds. The molecule has 0 radical (unpaired) electrons. The van der Waals surface area contributed by atoms with Crippen molar-refractivity contribution in [1.82, 2.24) is 14.5 Å². The quantitative estimate of drug-likeness (QED) is 0.535. The Labute approximate surface area is 203 Å². The summed E-state index contributed by atoms with van der Waals surface area (Å²) in [5.41, 5.74) is 1.10. The van der Waals surface area contributed by atoms with Gasteiger partial charge in [-0.2, -0.15) is 17.5 Å². The Kier molecular flexibility index (Phi) is 10.9. The maximum Gasteiger partial charge on any atom is 0.490 e. The number of aryl methyl sites for hydroxylation is 1. The van der Waals surface area contributed by atoms with Crippen LogP contribution < -0.4 is 5.32 Å². The highest BCUT2D eigenvalue weighted by molar-refractivity contribution is 7.89. The lowest BCUT2D eigenvalue weighted by Gasteiger charge is -2.29. The number of amides is 1. The number of nitrogens with zero attached hydrogens (tertiary/aromatic N) is 2. The molecule has 9 nitrogen and oxygen atoms in total. The topological polar surface area (TPSA) is 116 Å². The van der Waals surface area contributed by atoms with E-state index in [-0.39, 0.29) is 29.9 Å². The molecule has 2 heterocycles. The number of carboxylic acid groups (broad SMARTS) is 1. The fourth-order valence-corrected chi connectivity index (χ4v) is 5.14. The summed E-state index contributed by atoms with van der Waals surface area (Å²) in [6, 6.07) is 7.02. The van der Waals surface area contributed by atoms with Crippen LogP contribution in [0.4, 0.5) is 13.2 Å². The van der Waals surface area contributed by atoms with Crippen LogP contribution in [0.25, 0.3) is 0 Å². The molecule has 0 spiro atoms. The molecule has 2 N–H and O–H groups in total. The van der Waals surface area contributed by atoms with Crippen molar-refractivity contribution in [2.75, 3.05) is 45.9 Å². The van der Waals surface area contributed by atoms with Gasteiger partial charge in [0.15, 0.2) is 0 Å². The van der Waals surface area contributed by atoms with Gasteiger partial charge < -0.3 is 20.1 Å². The minimum atomic E-state index is -5.08. The van der Waals surface area contributed by atoms with Crippen LogP contribution in [0.2, 0.25) is 0 Å². The lowest BCUT2D eigenvalue weighted by atomic mass is 10.2. The van der Waals surface area contributed by atoms with E-state index in [0.29, 0.717) is 26.2 Å². The average molecular weight is 524 g/mol. The van der Waals surface area contributed by atoms with Crippen molar-refractivity contribution in [3.63, 3.8) is 0 Å². The van der Waals surface area contributed by atoms with Gasteiger partial charge in [-0.3, -0.25) is 4.79 Å². The highest BCUT2D eigenvalue weighted by atomic mass is 32.2. The van der Waals surface area contributed by atoms with E-state index < -0.39 is 22.2 Å². The van der Waals surface area contributed by atoms with Crippen LogP contribution in [0.3, 0.4) is 0 Å². The van der Waals surface area contributed by atoms with Crippen LogP contribution in [0, 0.1) is 0 Å². The Balaban J connectivity index is 0.000000540. The number of carbonyl (C=O) groups is 2. The first-order valence-corrected chi connectivity index (χ1v) is 12.9. The normalized spacial score (nSPS) is 18.8. The van der Waals surface area contributed by atoms with Gasteiger partial charge in [0.25, 0.3) is 0 Å². The molecule has 2 aliphatic rings. The maximum atomic E-state index is 13.2. The number of carboxylic acids is 1. The Bertz CT molecular complexity index is 929. The number of nitrogens with one attached hydrogen (secondary N) is 1. The number of sulfonamides is 1. The summed E-state index contributed by atoms with van der Waals surface area (Å²) >= 11 is 0. The second kappa shape index (κ2) is 13.2. The van der Waals surface area contributed by atoms with E-state index in [1.807, 2.05) is 24.0 Å². The third kappa shape index (κ3) is 9.06. The van der Waals surface area contributed by atoms with Crippen molar-refractivity contribution in [3.8, 4) is 0 Å². The van der Waals surface area contributed by atoms with Crippen LogP contribution in [0.15, 0.2) is 29.2 Å². The fourth-order valence-electron chi connectivity index (χ4n) is 3.66. The first-order chi connectivity index (χ1) is 16.4. The summed E-state index contributed by atoms with van der Waals surface area (Å²) in [4.78, 5) is 23.5. The SMILES string of the molecule is CCc1ccc(S(=O)(=O)N(CCC(=O)N2CCNCC2)CC2CCCO2)cc1.O=C(O)C(F)(F)F. The molecule has 1 unspecified atom stereocenters. The van der Waals surface area contributed by atoms with E-state index in [1.165, 1.54) is 4.31 Å². The maximum absolute atomic E-state index is 13.2. The van der Waals surface area contributed by atoms with Crippen molar-refractivity contribution in [1.29, 1.82) is 0 Å². The minimum Gasteiger partial charge on any atom is -0.475 e. The molecule has 0 bridgehead atoms. The predicted octanol–water partition coefficient (Wildman–Crippen LogP) is 1.87. The van der Waals surface area contributed by atoms with Gasteiger partial charge in [0, 0.05) is 52.3 Å². The van der Waals surface area contributed by atoms with E-state index >= 15 is 0 Å². The average Bonchev–Trinajstić information content (AvgIpc) is 3.35. The second-order valence-electron chi connectivity index (χ2n) is 8.18. The zero-order valence-electron chi connectivity index (χ0n) is 19.6. The molecule has 1 aromatic carbocycles. The summed E-state index contributed by atoms with van der Waals surface area (Å²) in [7, 11) is -3.67. The first kappa shape index (κ1) is 29.0. The van der Waals surface area contributed by atoms with Gasteiger partial charge in [-0.1, -0.05) is 19.1 Å². The van der Waals surface area contributed by atoms with Crippen molar-refractivity contribution in [3.05, 3.63) is 29.8 Å². The number of hydrogen-bond donors (Lipinski definition) is 2. The number of benzene rings is 1. The molecule has 0 aliphatic carbocycles. The summed E-state index contributed by atoms with van der Waals surface area (Å²) in [5.74, 6) is -2.75. The zero-order valence-corrected chi connectivity index (χ0v) is 20.4. The molecule has 198 valence electrons. The van der Waals surface area contributed by atoms with Crippen LogP contribution in [0.1, 0.15) is 31.7 Å². The molecular weight excluding hydrogens is 491 g/mol. The minimum absolute atomic E-state index is 0.00960. The van der Waals surface area contributed by atoms with Gasteiger partial charge in [0.05, 0.1) is 11.0 Å². The van der Waals surface area contributed by atoms with E-state index in [4.69, 9.17) is 14.6 Å². The summed E-state index contributed by atoms with van der Waals surface area (Å²) in [5, 5.41) is 10.3. The van der Waals surface area contributed by atoms with Crippen LogP contribution >= 0.6 is 0 Å². The van der Waals surface area contributed by atoms with Gasteiger partial charge >= 0.3 is 12.1 Å². The van der Waals surface area contributed by atoms with Gasteiger partial charge in [-0.15, -0.1) is 0 Å². The van der Waals surface area contributed by atoms with Gasteiger partial charge in [-0.05, 0) is 37.0 Å². The summed E-state index contributed by atoms with van der Waals surface area (Å²) < 4.78 is 65.3. The fraction of sp³-hybridized carbons (Fsp3) is 0.636. The molecule has 1 atom stereocenters. The number of rotatable bonds is 8. The van der Waals surface area contributed by atoms with Crippen molar-refractivity contribution < 1.29 is 41.0 Å². The molecule has 0 aromatic heterocycles. The third-order valence-corrected chi connectivity index (χ3v) is 7.57. The number of ether oxygens (including phenoxy) is 1. The Morgan fingerprint density at radius 1 is 1.20 bits per heavy atom. The zero-order chi connectivity index (χ0) is 26.1. The van der Waals surface area contributed by atoms with Crippen LogP contribution in [0.5, 0.6) is 0 Å². The number of hydrogen-bond acceptors (Lipinski definition) is 6. The molecule has 2 fully saturated rings. The van der Waals surface area contributed by atoms with E-state index in [0.717, 1.165) is 37.9 Å². The van der Waals surface area contributed by atoms with Gasteiger partial charge in [0.2, 0.25) is 15.9 Å². The third-order valence-electron chi connectivity index (χ3n) is 5.69. The number of halogens is 3. The van der Waals surface area contributed by atoms with Crippen molar-refractivity contribution >= 4 is 21.9 Å². The number of aliphatic carboxylic acids is 1. The van der Waals surface area contributed by atoms with Crippen LogP contribution in [-0.2, 0) is 30.8 Å². The molecular formula is C22H32F3N3O6S. The largest absolute Gasteiger partial charge is 0.490 e. The van der Waals surface area contributed by atoms with E-state index in [2.05, 4.69) is 5.32 Å². The van der Waals surface area contributed by atoms with Crippen molar-refractivity contribution in [2.24, 2.45) is 0 Å². The predicted molar refractivity (Wildman–Crippen MR) is 121 cm³/mol. The molecule has 2 aliphatic heterocycles. The van der Waals surface area contributed by atoms with Crippen LogP contribution in [-0.4, -0.2) is 92.8 Å². The number of alkyl halides is 3. The molecule has 35 heavy (non-hydrogen) atoms. The lowest BCUT2D eigenvalue weighted by Crippen LogP contribution is -2.47. The molecule has 0 saturated carbocycles. The van der Waals surface area contributed by atoms with Gasteiger partial charge in [0.1, 0.15) is 0 Å². The second-order valence-corrected chi connectivity index (χ2v) is 10.1. The molecule has 3 rings (SSSR count). The van der Waals surface area contributed by atoms with Crippen molar-refractivity contribution in [2.45, 2.75) is 49.8 Å². The summed E-state index contributed by atoms with van der Waals surface area (Å²) in [6.07, 6.45) is -2.33. The Hall–Kier alpha value is -2.22. The number of piperazine rings is 1. The highest BCUT2D eigenvalue weighted by Gasteiger charge is 2.38. The van der Waals surface area contributed by atoms with E-state index in [9.17, 15) is 26.4 Å². The Morgan fingerprint density at radius 3 is 2.29 bits per heavy atom. The smallest absolute Gasteiger partial charge is 0.475 e. The molecule has 1 aromatic rings. The monoisotopic (exact) mass is 523 g/mol. The van der Waals surface area contributed by atoms with E-state index in [1.54, 1.807) is 12.1 Å².